The minimum Gasteiger partial charge on any atom is -0.423 e. The second-order valence-electron chi connectivity index (χ2n) is 28.8. The molecule has 8 aromatic heterocycles. The quantitative estimate of drug-likeness (QED) is 0.0320. The van der Waals surface area contributed by atoms with Crippen molar-refractivity contribution in [3.8, 4) is 0 Å². The Balaban J connectivity index is 0.000000144. The predicted octanol–water partition coefficient (Wildman–Crippen LogP) is 15.8. The Kier molecular flexibility index (Phi) is 36.0. The van der Waals surface area contributed by atoms with Gasteiger partial charge in [-0.15, -0.1) is 0 Å². The summed E-state index contributed by atoms with van der Waals surface area (Å²) in [6.45, 7) is 11.1. The SMILES string of the molecule is CCC[CH2][Sn]([CH2]CCC)([CH2]CCC)[c]1c(F)c(F)c(C)c2nonc12.Cc1c(F)c(F)[c]([Sn]([CH3])([CH3])[CH3])c2nonc12.Fc1c(F)c(B2OCCCO2)c2nonc2c1B1OCCCO1.Fc1cc(Br)c2nonc2c1Br.Fc1cc(Br)c2nonc2c1Cl.Fc1cc(Br)c2nonc2c1I.Fc1cc(Cl)c2nonc2c1Cl.OB(O)c1cc(F)c(B(O)O)c2nonc12. The Bertz CT molecular complexity index is 6220. The van der Waals surface area contributed by atoms with E-state index in [4.69, 9.17) is 78.1 Å². The van der Waals surface area contributed by atoms with Gasteiger partial charge in [-0.3, -0.25) is 0 Å². The molecule has 128 heavy (non-hydrogen) atoms. The molecule has 0 atom stereocenters. The van der Waals surface area contributed by atoms with Gasteiger partial charge in [0.15, 0.2) is 55.8 Å². The van der Waals surface area contributed by atoms with Crippen molar-refractivity contribution < 1.29 is 124 Å². The van der Waals surface area contributed by atoms with Gasteiger partial charge in [-0.05, 0) is 171 Å². The van der Waals surface area contributed by atoms with E-state index in [0.29, 0.717) is 113 Å². The van der Waals surface area contributed by atoms with Crippen molar-refractivity contribution in [1.29, 1.82) is 0 Å². The van der Waals surface area contributed by atoms with E-state index in [1.54, 1.807) is 6.92 Å². The summed E-state index contributed by atoms with van der Waals surface area (Å²) in [6.07, 6.45) is 7.82. The van der Waals surface area contributed by atoms with E-state index < -0.39 is 129 Å². The summed E-state index contributed by atoms with van der Waals surface area (Å²) in [7, 11) is -6.15. The van der Waals surface area contributed by atoms with Crippen LogP contribution in [0.1, 0.15) is 83.3 Å². The van der Waals surface area contributed by atoms with Crippen LogP contribution in [0, 0.1) is 81.4 Å². The first-order valence-corrected chi connectivity index (χ1v) is 60.8. The van der Waals surface area contributed by atoms with Crippen molar-refractivity contribution in [1.82, 2.24) is 82.5 Å². The summed E-state index contributed by atoms with van der Waals surface area (Å²) in [4.78, 5) is 5.99. The van der Waals surface area contributed by atoms with Crippen LogP contribution in [0.5, 0.6) is 0 Å². The van der Waals surface area contributed by atoms with Gasteiger partial charge in [-0.2, -0.15) is 0 Å². The smallest absolute Gasteiger partial charge is 0.423 e. The molecule has 0 bridgehead atoms. The first-order valence-electron chi connectivity index (χ1n) is 37.9. The molecular weight excluding hydrogens is 2380 g/mol. The molecule has 8 aromatic carbocycles. The molecule has 4 N–H and O–H groups in total. The number of unbranched alkanes of at least 4 members (excludes halogenated alkanes) is 3. The Morgan fingerprint density at radius 2 is 0.727 bits per heavy atom. The Morgan fingerprint density at radius 3 is 1.17 bits per heavy atom. The van der Waals surface area contributed by atoms with Crippen molar-refractivity contribution in [2.45, 2.75) is 114 Å². The minimum absolute atomic E-state index is 0.0450. The molecule has 2 saturated heterocycles. The largest absolute Gasteiger partial charge is 0.499 e. The number of nitrogens with zero attached hydrogens (tertiary/aromatic N) is 16. The molecule has 2 fully saturated rings. The molecule has 57 heteroatoms. The van der Waals surface area contributed by atoms with E-state index in [0.717, 1.165) is 64.0 Å². The molecule has 0 radical (unpaired) electrons. The Hall–Kier alpha value is -6.75. The predicted molar refractivity (Wildman–Crippen MR) is 473 cm³/mol. The molecule has 0 aliphatic carbocycles. The van der Waals surface area contributed by atoms with Crippen LogP contribution in [0.2, 0.25) is 43.2 Å². The number of hydrogen-bond acceptors (Lipinski definition) is 32. The summed E-state index contributed by atoms with van der Waals surface area (Å²) in [6, 6.07) is 5.65. The van der Waals surface area contributed by atoms with Crippen LogP contribution < -0.4 is 29.0 Å². The van der Waals surface area contributed by atoms with Crippen LogP contribution >= 0.6 is 121 Å². The average Bonchev–Trinajstić information content (AvgIpc) is 1.45. The van der Waals surface area contributed by atoms with Gasteiger partial charge in [0.05, 0.1) is 37.4 Å². The summed E-state index contributed by atoms with van der Waals surface area (Å²) in [5.41, 5.74) is 3.49. The normalized spacial score (nSPS) is 12.9. The third kappa shape index (κ3) is 22.5. The summed E-state index contributed by atoms with van der Waals surface area (Å²) in [5.74, 6) is -8.22. The zero-order chi connectivity index (χ0) is 93.1. The van der Waals surface area contributed by atoms with Crippen LogP contribution in [0.25, 0.3) is 88.3 Å². The number of aryl methyl sites for hydroxylation is 2. The van der Waals surface area contributed by atoms with Gasteiger partial charge >= 0.3 is 278 Å². The van der Waals surface area contributed by atoms with Crippen LogP contribution in [-0.2, 0) is 18.6 Å². The number of fused-ring (bicyclic) bond motifs is 8. The van der Waals surface area contributed by atoms with Gasteiger partial charge in [-0.25, -0.2) is 58.5 Å². The van der Waals surface area contributed by atoms with Crippen molar-refractivity contribution in [3.63, 3.8) is 0 Å². The van der Waals surface area contributed by atoms with E-state index in [9.17, 15) is 43.9 Å². The Morgan fingerprint density at radius 1 is 0.383 bits per heavy atom. The maximum Gasteiger partial charge on any atom is 0.499 e. The molecule has 32 nitrogen and oxygen atoms in total. The van der Waals surface area contributed by atoms with E-state index in [-0.39, 0.29) is 91.5 Å². The molecule has 0 saturated carbocycles. The molecule has 0 spiro atoms. The zero-order valence-electron chi connectivity index (χ0n) is 67.3. The molecule has 16 aromatic rings. The standard InChI is InChI=1S/C12H12B2F2N2O5.2C7H3F2N2O.C6H5B2FN2O5.C6HBr2FN2O.C6HBrClFN2O.C6HBrFIN2O.C6HCl2FN2O.3C4H9.3CH3.2Sn/c15-9-7(13-19-3-1-4-20-13)11-12(18-23-17-11)8(10(9)16)14-21-5-2-6-22-14;2*1-3-6(9)4(8)2-5-7(3)11-12-10-5;9-3-1-2(7(12)13)5-6(11-16-10-5)4(3)8(14)15;2*7-2-1-3(9)4(8)6-5(2)10-12-11-6;7-2-1-3(8)4(9)6-5(2)10-12-11-6;7-2-1-3(9)4(8)6-5(2)10-12-11-6;3*1-3-4-2;;;;;/h1-6H2;2*1H3;1,12-15H;4*1H;3*1,3-4H2,2H3;3*1H3;;. The van der Waals surface area contributed by atoms with Crippen molar-refractivity contribution in [2.24, 2.45) is 0 Å². The first kappa shape index (κ1) is 102. The number of rotatable bonds is 15. The number of hydrogen-bond donors (Lipinski definition) is 4. The maximum atomic E-state index is 15.2. The van der Waals surface area contributed by atoms with E-state index >= 15 is 4.39 Å². The minimum atomic E-state index is -3.18. The third-order valence-corrected chi connectivity index (χ3v) is 45.1. The summed E-state index contributed by atoms with van der Waals surface area (Å²) < 4.78 is 216. The fourth-order valence-corrected chi connectivity index (χ4v) is 37.3. The summed E-state index contributed by atoms with van der Waals surface area (Å²) >= 11 is 25.1. The van der Waals surface area contributed by atoms with Gasteiger partial charge in [-0.1, -0.05) is 55.4 Å². The molecule has 18 rings (SSSR count). The third-order valence-electron chi connectivity index (χ3n) is 19.4. The van der Waals surface area contributed by atoms with E-state index in [1.807, 2.05) is 37.4 Å². The van der Waals surface area contributed by atoms with Crippen molar-refractivity contribution in [2.75, 3.05) is 26.4 Å². The monoisotopic (exact) mass is 2440 g/mol. The molecule has 2 aliphatic rings. The van der Waals surface area contributed by atoms with Crippen LogP contribution in [0.3, 0.4) is 0 Å². The number of aromatic nitrogens is 16. The molecule has 2 aliphatic heterocycles. The van der Waals surface area contributed by atoms with E-state index in [2.05, 4.69) is 199 Å². The van der Waals surface area contributed by atoms with Gasteiger partial charge in [0.2, 0.25) is 0 Å². The van der Waals surface area contributed by atoms with Crippen LogP contribution in [0.4, 0.5) is 48.3 Å². The Labute approximate surface area is 785 Å². The van der Waals surface area contributed by atoms with Crippen molar-refractivity contribution >= 4 is 304 Å². The van der Waals surface area contributed by atoms with Crippen LogP contribution in [-0.4, -0.2) is 194 Å². The van der Waals surface area contributed by atoms with Gasteiger partial charge < -0.3 is 38.7 Å². The van der Waals surface area contributed by atoms with Gasteiger partial charge in [0.25, 0.3) is 0 Å². The van der Waals surface area contributed by atoms with Crippen LogP contribution in [0.15, 0.2) is 85.3 Å². The fraction of sp³-hybridized carbons (Fsp3) is 0.324. The fourth-order valence-electron chi connectivity index (χ4n) is 13.1. The summed E-state index contributed by atoms with van der Waals surface area (Å²) in [5, 5.41) is 93.1. The van der Waals surface area contributed by atoms with Gasteiger partial charge in [0, 0.05) is 37.4 Å². The molecule has 0 unspecified atom stereocenters. The second-order valence-corrected chi connectivity index (χ2v) is 61.7. The average molecular weight is 2440 g/mol. The van der Waals surface area contributed by atoms with Gasteiger partial charge in [0.1, 0.15) is 61.2 Å². The molecular formula is C71H63B4Br4Cl3F11IN16O16Sn2. The van der Waals surface area contributed by atoms with E-state index in [1.165, 1.54) is 25.1 Å². The second kappa shape index (κ2) is 45.3. The molecule has 676 valence electrons. The maximum absolute atomic E-state index is 15.2. The molecule has 0 amide bonds. The molecule has 10 heterocycles. The zero-order valence-corrected chi connectivity index (χ0v) is 83.8. The number of halogens is 19. The number of benzene rings is 8. The van der Waals surface area contributed by atoms with Crippen molar-refractivity contribution in [3.05, 3.63) is 142 Å². The first-order chi connectivity index (χ1) is 60.9. The topological polar surface area (TPSA) is 429 Å².